The van der Waals surface area contributed by atoms with Crippen LogP contribution in [0.2, 0.25) is 5.02 Å². The number of carbonyl (C=O) groups is 2. The molecule has 3 aromatic rings. The normalized spacial score (nSPS) is 14.3. The Hall–Kier alpha value is -2.76. The summed E-state index contributed by atoms with van der Waals surface area (Å²) in [4.78, 5) is 30.3. The fraction of sp³-hybridized carbons (Fsp3) is 0.355. The van der Waals surface area contributed by atoms with Crippen molar-refractivity contribution in [2.75, 3.05) is 5.75 Å². The van der Waals surface area contributed by atoms with E-state index in [-0.39, 0.29) is 17.9 Å². The Morgan fingerprint density at radius 2 is 1.68 bits per heavy atom. The standard InChI is InChI=1S/C31H35ClN2O2S/c1-23-8-7-11-25(20-23)22-34(30(35)18-19-37-28-16-14-26(32)15-17-28)29(21-24-9-3-2-4-10-24)31(36)33-27-12-5-6-13-27/h2-4,7-11,14-17,20,27,29H,5-6,12-13,18-19,21-22H2,1H3,(H,33,36)/t29-/m1/s1. The van der Waals surface area contributed by atoms with Gasteiger partial charge in [0.2, 0.25) is 11.8 Å². The van der Waals surface area contributed by atoms with Crippen molar-refractivity contribution in [3.05, 3.63) is 101 Å². The summed E-state index contributed by atoms with van der Waals surface area (Å²) in [5.74, 6) is 0.570. The van der Waals surface area contributed by atoms with Crippen molar-refractivity contribution in [2.24, 2.45) is 0 Å². The molecule has 0 spiro atoms. The molecule has 1 atom stereocenters. The third-order valence-corrected chi connectivity index (χ3v) is 8.07. The summed E-state index contributed by atoms with van der Waals surface area (Å²) in [6.07, 6.45) is 5.13. The summed E-state index contributed by atoms with van der Waals surface area (Å²) in [5, 5.41) is 3.96. The van der Waals surface area contributed by atoms with Gasteiger partial charge in [0.05, 0.1) is 0 Å². The molecule has 3 aromatic carbocycles. The van der Waals surface area contributed by atoms with Crippen molar-refractivity contribution in [2.45, 2.75) is 69.0 Å². The largest absolute Gasteiger partial charge is 0.352 e. The first kappa shape index (κ1) is 27.3. The Morgan fingerprint density at radius 1 is 0.973 bits per heavy atom. The van der Waals surface area contributed by atoms with Crippen LogP contribution in [0.25, 0.3) is 0 Å². The highest BCUT2D eigenvalue weighted by Crippen LogP contribution is 2.24. The third-order valence-electron chi connectivity index (χ3n) is 6.81. The Kier molecular flexibility index (Phi) is 10.1. The van der Waals surface area contributed by atoms with Gasteiger partial charge in [0, 0.05) is 41.1 Å². The molecule has 0 unspecified atom stereocenters. The number of hydrogen-bond donors (Lipinski definition) is 1. The second kappa shape index (κ2) is 13.7. The van der Waals surface area contributed by atoms with E-state index in [0.29, 0.717) is 30.2 Å². The van der Waals surface area contributed by atoms with E-state index in [1.54, 1.807) is 16.7 Å². The topological polar surface area (TPSA) is 49.4 Å². The predicted octanol–water partition coefficient (Wildman–Crippen LogP) is 6.83. The number of hydrogen-bond acceptors (Lipinski definition) is 3. The minimum absolute atomic E-state index is 0.00882. The molecule has 0 aliphatic heterocycles. The number of amides is 2. The van der Waals surface area contributed by atoms with Crippen LogP contribution < -0.4 is 5.32 Å². The van der Waals surface area contributed by atoms with Crippen molar-refractivity contribution in [3.63, 3.8) is 0 Å². The number of halogens is 1. The van der Waals surface area contributed by atoms with Crippen LogP contribution in [0, 0.1) is 6.92 Å². The number of benzene rings is 3. The van der Waals surface area contributed by atoms with E-state index in [1.807, 2.05) is 79.7 Å². The van der Waals surface area contributed by atoms with E-state index < -0.39 is 6.04 Å². The number of nitrogens with one attached hydrogen (secondary N) is 1. The van der Waals surface area contributed by atoms with Crippen LogP contribution in [0.1, 0.15) is 48.8 Å². The van der Waals surface area contributed by atoms with Gasteiger partial charge in [-0.25, -0.2) is 0 Å². The van der Waals surface area contributed by atoms with Crippen molar-refractivity contribution in [1.29, 1.82) is 0 Å². The lowest BCUT2D eigenvalue weighted by Gasteiger charge is -2.32. The fourth-order valence-electron chi connectivity index (χ4n) is 4.86. The first-order chi connectivity index (χ1) is 18.0. The quantitative estimate of drug-likeness (QED) is 0.274. The van der Waals surface area contributed by atoms with Gasteiger partial charge in [0.1, 0.15) is 6.04 Å². The molecule has 0 radical (unpaired) electrons. The molecule has 1 aliphatic carbocycles. The van der Waals surface area contributed by atoms with Crippen LogP contribution in [-0.2, 0) is 22.6 Å². The summed E-state index contributed by atoms with van der Waals surface area (Å²) >= 11 is 7.64. The molecule has 0 saturated heterocycles. The fourth-order valence-corrected chi connectivity index (χ4v) is 5.83. The molecule has 0 bridgehead atoms. The summed E-state index contributed by atoms with van der Waals surface area (Å²) in [6, 6.07) is 25.5. The molecule has 2 amide bonds. The van der Waals surface area contributed by atoms with E-state index >= 15 is 0 Å². The smallest absolute Gasteiger partial charge is 0.243 e. The summed E-state index contributed by atoms with van der Waals surface area (Å²) < 4.78 is 0. The first-order valence-electron chi connectivity index (χ1n) is 13.1. The van der Waals surface area contributed by atoms with E-state index in [1.165, 1.54) is 0 Å². The number of thioether (sulfide) groups is 1. The zero-order chi connectivity index (χ0) is 26.0. The van der Waals surface area contributed by atoms with Gasteiger partial charge in [0.15, 0.2) is 0 Å². The lowest BCUT2D eigenvalue weighted by molar-refractivity contribution is -0.141. The van der Waals surface area contributed by atoms with Gasteiger partial charge >= 0.3 is 0 Å². The second-order valence-electron chi connectivity index (χ2n) is 9.76. The maximum Gasteiger partial charge on any atom is 0.243 e. The number of carbonyl (C=O) groups excluding carboxylic acids is 2. The zero-order valence-electron chi connectivity index (χ0n) is 21.4. The van der Waals surface area contributed by atoms with Gasteiger partial charge in [-0.3, -0.25) is 9.59 Å². The number of rotatable bonds is 11. The highest BCUT2D eigenvalue weighted by Gasteiger charge is 2.32. The molecule has 1 saturated carbocycles. The lowest BCUT2D eigenvalue weighted by atomic mass is 10.0. The molecule has 194 valence electrons. The monoisotopic (exact) mass is 534 g/mol. The lowest BCUT2D eigenvalue weighted by Crippen LogP contribution is -2.52. The Bertz CT molecular complexity index is 1160. The van der Waals surface area contributed by atoms with E-state index in [2.05, 4.69) is 11.4 Å². The van der Waals surface area contributed by atoms with E-state index in [0.717, 1.165) is 47.3 Å². The first-order valence-corrected chi connectivity index (χ1v) is 14.4. The second-order valence-corrected chi connectivity index (χ2v) is 11.4. The van der Waals surface area contributed by atoms with Gasteiger partial charge in [-0.15, -0.1) is 11.8 Å². The highest BCUT2D eigenvalue weighted by molar-refractivity contribution is 7.99. The minimum atomic E-state index is -0.573. The van der Waals surface area contributed by atoms with Gasteiger partial charge < -0.3 is 10.2 Å². The Labute approximate surface area is 229 Å². The van der Waals surface area contributed by atoms with Crippen LogP contribution >= 0.6 is 23.4 Å². The third kappa shape index (κ3) is 8.37. The van der Waals surface area contributed by atoms with Gasteiger partial charge in [-0.1, -0.05) is 84.6 Å². The number of nitrogens with zero attached hydrogens (tertiary/aromatic N) is 1. The van der Waals surface area contributed by atoms with Crippen molar-refractivity contribution in [3.8, 4) is 0 Å². The molecule has 37 heavy (non-hydrogen) atoms. The molecule has 1 N–H and O–H groups in total. The van der Waals surface area contributed by atoms with Gasteiger partial charge in [-0.05, 0) is 55.2 Å². The molecule has 1 fully saturated rings. The van der Waals surface area contributed by atoms with Crippen molar-refractivity contribution >= 4 is 35.2 Å². The van der Waals surface area contributed by atoms with Gasteiger partial charge in [0.25, 0.3) is 0 Å². The van der Waals surface area contributed by atoms with Crippen LogP contribution in [0.3, 0.4) is 0 Å². The van der Waals surface area contributed by atoms with Crippen molar-refractivity contribution in [1.82, 2.24) is 10.2 Å². The highest BCUT2D eigenvalue weighted by atomic mass is 35.5. The molecular formula is C31H35ClN2O2S. The van der Waals surface area contributed by atoms with Crippen LogP contribution in [-0.4, -0.2) is 34.6 Å². The molecule has 4 rings (SSSR count). The summed E-state index contributed by atoms with van der Waals surface area (Å²) in [6.45, 7) is 2.45. The molecule has 6 heteroatoms. The predicted molar refractivity (Wildman–Crippen MR) is 153 cm³/mol. The molecule has 0 aromatic heterocycles. The van der Waals surface area contributed by atoms with Crippen LogP contribution in [0.4, 0.5) is 0 Å². The zero-order valence-corrected chi connectivity index (χ0v) is 22.9. The molecule has 0 heterocycles. The maximum atomic E-state index is 13.8. The molecular weight excluding hydrogens is 500 g/mol. The molecule has 1 aliphatic rings. The Balaban J connectivity index is 1.56. The minimum Gasteiger partial charge on any atom is -0.352 e. The summed E-state index contributed by atoms with van der Waals surface area (Å²) in [5.41, 5.74) is 3.22. The maximum absolute atomic E-state index is 13.8. The SMILES string of the molecule is Cc1cccc(CN(C(=O)CCSc2ccc(Cl)cc2)[C@H](Cc2ccccc2)C(=O)NC2CCCC2)c1. The van der Waals surface area contributed by atoms with Crippen LogP contribution in [0.15, 0.2) is 83.8 Å². The van der Waals surface area contributed by atoms with Gasteiger partial charge in [-0.2, -0.15) is 0 Å². The average Bonchev–Trinajstić information content (AvgIpc) is 3.41. The molecule has 4 nitrogen and oxygen atoms in total. The van der Waals surface area contributed by atoms with Crippen molar-refractivity contribution < 1.29 is 9.59 Å². The van der Waals surface area contributed by atoms with E-state index in [9.17, 15) is 9.59 Å². The summed E-state index contributed by atoms with van der Waals surface area (Å²) in [7, 11) is 0. The number of aryl methyl sites for hydroxylation is 1. The van der Waals surface area contributed by atoms with E-state index in [4.69, 9.17) is 11.6 Å². The average molecular weight is 535 g/mol. The van der Waals surface area contributed by atoms with Crippen LogP contribution in [0.5, 0.6) is 0 Å². The Morgan fingerprint density at radius 3 is 2.38 bits per heavy atom.